The van der Waals surface area contributed by atoms with Crippen molar-refractivity contribution >= 4 is 5.69 Å². The normalized spacial score (nSPS) is 13.6. The molecule has 0 saturated heterocycles. The first-order valence-corrected chi connectivity index (χ1v) is 4.75. The van der Waals surface area contributed by atoms with Gasteiger partial charge in [0.25, 0.3) is 5.69 Å². The minimum absolute atomic E-state index is 0.0278. The molecule has 0 saturated carbocycles. The number of benzene rings is 1. The van der Waals surface area contributed by atoms with Crippen LogP contribution in [0.25, 0.3) is 0 Å². The lowest BCUT2D eigenvalue weighted by atomic mass is 9.84. The molecule has 4 nitrogen and oxygen atoms in total. The second kappa shape index (κ2) is 3.98. The summed E-state index contributed by atoms with van der Waals surface area (Å²) in [5.41, 5.74) is -0.0681. The highest BCUT2D eigenvalue weighted by atomic mass is 16.6. The van der Waals surface area contributed by atoms with Gasteiger partial charge in [-0.25, -0.2) is 0 Å². The van der Waals surface area contributed by atoms with Crippen molar-refractivity contribution in [2.24, 2.45) is 5.41 Å². The van der Waals surface area contributed by atoms with Crippen molar-refractivity contribution in [2.45, 2.75) is 26.9 Å². The Morgan fingerprint density at radius 3 is 2.33 bits per heavy atom. The molecule has 0 fully saturated rings. The molecular formula is C11H15NO3. The second-order valence-corrected chi connectivity index (χ2v) is 4.58. The zero-order valence-electron chi connectivity index (χ0n) is 9.10. The van der Waals surface area contributed by atoms with Crippen molar-refractivity contribution in [3.8, 4) is 0 Å². The summed E-state index contributed by atoms with van der Waals surface area (Å²) < 4.78 is 0. The first kappa shape index (κ1) is 11.7. The molecule has 1 rings (SSSR count). The number of aliphatic hydroxyl groups is 1. The average Bonchev–Trinajstić information content (AvgIpc) is 2.15. The van der Waals surface area contributed by atoms with Gasteiger partial charge in [0.1, 0.15) is 0 Å². The summed E-state index contributed by atoms with van der Waals surface area (Å²) in [6, 6.07) is 6.28. The summed E-state index contributed by atoms with van der Waals surface area (Å²) in [4.78, 5) is 10.3. The number of nitrogens with zero attached hydrogens (tertiary/aromatic N) is 1. The smallest absolute Gasteiger partial charge is 0.275 e. The number of nitro benzene ring substituents is 1. The van der Waals surface area contributed by atoms with E-state index in [0.717, 1.165) is 0 Å². The Hall–Kier alpha value is -1.42. The van der Waals surface area contributed by atoms with Crippen molar-refractivity contribution in [3.05, 3.63) is 39.9 Å². The molecule has 1 atom stereocenters. The predicted molar refractivity (Wildman–Crippen MR) is 57.5 cm³/mol. The largest absolute Gasteiger partial charge is 0.388 e. The van der Waals surface area contributed by atoms with Crippen LogP contribution in [0.15, 0.2) is 24.3 Å². The maximum absolute atomic E-state index is 10.7. The molecule has 1 aromatic carbocycles. The van der Waals surface area contributed by atoms with Crippen LogP contribution in [0.3, 0.4) is 0 Å². The summed E-state index contributed by atoms with van der Waals surface area (Å²) in [5.74, 6) is 0. The number of hydrogen-bond donors (Lipinski definition) is 1. The summed E-state index contributed by atoms with van der Waals surface area (Å²) >= 11 is 0. The predicted octanol–water partition coefficient (Wildman–Crippen LogP) is 2.67. The molecule has 0 aliphatic heterocycles. The Morgan fingerprint density at radius 1 is 1.33 bits per heavy atom. The lowest BCUT2D eigenvalue weighted by Crippen LogP contribution is -2.18. The summed E-state index contributed by atoms with van der Waals surface area (Å²) in [6.07, 6.45) is -0.834. The summed E-state index contributed by atoms with van der Waals surface area (Å²) in [5, 5.41) is 20.7. The maximum Gasteiger partial charge on any atom is 0.275 e. The number of hydrogen-bond acceptors (Lipinski definition) is 3. The fraction of sp³-hybridized carbons (Fsp3) is 0.455. The number of rotatable bonds is 2. The van der Waals surface area contributed by atoms with Gasteiger partial charge in [0.05, 0.1) is 16.6 Å². The average molecular weight is 209 g/mol. The molecule has 15 heavy (non-hydrogen) atoms. The van der Waals surface area contributed by atoms with Crippen LogP contribution in [0.5, 0.6) is 0 Å². The Labute approximate surface area is 88.7 Å². The van der Waals surface area contributed by atoms with Gasteiger partial charge in [-0.2, -0.15) is 0 Å². The van der Waals surface area contributed by atoms with Gasteiger partial charge >= 0.3 is 0 Å². The second-order valence-electron chi connectivity index (χ2n) is 4.58. The SMILES string of the molecule is CC(C)(C)[C@H](O)c1ccccc1[N+](=O)[O-]. The van der Waals surface area contributed by atoms with E-state index in [4.69, 9.17) is 0 Å². The van der Waals surface area contributed by atoms with Crippen molar-refractivity contribution in [1.82, 2.24) is 0 Å². The van der Waals surface area contributed by atoms with E-state index in [9.17, 15) is 15.2 Å². The number of nitro groups is 1. The van der Waals surface area contributed by atoms with Gasteiger partial charge < -0.3 is 5.11 Å². The monoisotopic (exact) mass is 209 g/mol. The highest BCUT2D eigenvalue weighted by Gasteiger charge is 2.29. The molecule has 0 aliphatic rings. The molecule has 0 bridgehead atoms. The fourth-order valence-corrected chi connectivity index (χ4v) is 1.35. The first-order chi connectivity index (χ1) is 6.84. The van der Waals surface area contributed by atoms with E-state index in [2.05, 4.69) is 0 Å². The lowest BCUT2D eigenvalue weighted by Gasteiger charge is -2.25. The third-order valence-corrected chi connectivity index (χ3v) is 2.25. The van der Waals surface area contributed by atoms with Crippen LogP contribution in [0.4, 0.5) is 5.69 Å². The third-order valence-electron chi connectivity index (χ3n) is 2.25. The van der Waals surface area contributed by atoms with Crippen LogP contribution < -0.4 is 0 Å². The Morgan fingerprint density at radius 2 is 1.87 bits per heavy atom. The van der Waals surface area contributed by atoms with Gasteiger partial charge in [-0.1, -0.05) is 32.9 Å². The summed E-state index contributed by atoms with van der Waals surface area (Å²) in [6.45, 7) is 5.52. The van der Waals surface area contributed by atoms with E-state index in [0.29, 0.717) is 5.56 Å². The topological polar surface area (TPSA) is 63.4 Å². The highest BCUT2D eigenvalue weighted by Crippen LogP contribution is 2.36. The summed E-state index contributed by atoms with van der Waals surface area (Å²) in [7, 11) is 0. The molecule has 0 aromatic heterocycles. The van der Waals surface area contributed by atoms with Crippen molar-refractivity contribution in [2.75, 3.05) is 0 Å². The fourth-order valence-electron chi connectivity index (χ4n) is 1.35. The van der Waals surface area contributed by atoms with Crippen molar-refractivity contribution in [1.29, 1.82) is 0 Å². The van der Waals surface area contributed by atoms with Crippen molar-refractivity contribution < 1.29 is 10.0 Å². The minimum atomic E-state index is -0.834. The molecule has 0 aliphatic carbocycles. The Bertz CT molecular complexity index is 368. The van der Waals surface area contributed by atoms with Crippen LogP contribution in [-0.2, 0) is 0 Å². The maximum atomic E-state index is 10.7. The van der Waals surface area contributed by atoms with Gasteiger partial charge in [-0.15, -0.1) is 0 Å². The number of aliphatic hydroxyl groups excluding tert-OH is 1. The van der Waals surface area contributed by atoms with Crippen LogP contribution in [0, 0.1) is 15.5 Å². The highest BCUT2D eigenvalue weighted by molar-refractivity contribution is 5.41. The molecule has 0 spiro atoms. The zero-order valence-corrected chi connectivity index (χ0v) is 9.10. The van der Waals surface area contributed by atoms with Crippen LogP contribution in [0.2, 0.25) is 0 Å². The van der Waals surface area contributed by atoms with Crippen LogP contribution in [0.1, 0.15) is 32.4 Å². The van der Waals surface area contributed by atoms with Gasteiger partial charge in [0, 0.05) is 6.07 Å². The van der Waals surface area contributed by atoms with Crippen LogP contribution >= 0.6 is 0 Å². The molecule has 1 N–H and O–H groups in total. The van der Waals surface area contributed by atoms with Crippen molar-refractivity contribution in [3.63, 3.8) is 0 Å². The van der Waals surface area contributed by atoms with E-state index >= 15 is 0 Å². The molecule has 4 heteroatoms. The van der Waals surface area contributed by atoms with E-state index in [1.54, 1.807) is 18.2 Å². The number of para-hydroxylation sites is 1. The Kier molecular flexibility index (Phi) is 3.09. The lowest BCUT2D eigenvalue weighted by molar-refractivity contribution is -0.386. The third kappa shape index (κ3) is 2.53. The molecule has 82 valence electrons. The van der Waals surface area contributed by atoms with E-state index in [-0.39, 0.29) is 5.69 Å². The molecule has 0 heterocycles. The van der Waals surface area contributed by atoms with E-state index in [1.807, 2.05) is 20.8 Å². The standard InChI is InChI=1S/C11H15NO3/c1-11(2,3)10(13)8-6-4-5-7-9(8)12(14)15/h4-7,10,13H,1-3H3/t10-/m1/s1. The van der Waals surface area contributed by atoms with Gasteiger partial charge in [0.15, 0.2) is 0 Å². The molecule has 0 radical (unpaired) electrons. The molecular weight excluding hydrogens is 194 g/mol. The first-order valence-electron chi connectivity index (χ1n) is 4.75. The van der Waals surface area contributed by atoms with E-state index < -0.39 is 16.4 Å². The molecule has 0 unspecified atom stereocenters. The quantitative estimate of drug-likeness (QED) is 0.601. The van der Waals surface area contributed by atoms with Crippen LogP contribution in [-0.4, -0.2) is 10.0 Å². The molecule has 1 aromatic rings. The zero-order chi connectivity index (χ0) is 11.6. The minimum Gasteiger partial charge on any atom is -0.388 e. The van der Waals surface area contributed by atoms with Gasteiger partial charge in [0.2, 0.25) is 0 Å². The molecule has 0 amide bonds. The van der Waals surface area contributed by atoms with E-state index in [1.165, 1.54) is 6.07 Å². The van der Waals surface area contributed by atoms with Gasteiger partial charge in [-0.3, -0.25) is 10.1 Å². The van der Waals surface area contributed by atoms with Gasteiger partial charge in [-0.05, 0) is 11.5 Å². The Balaban J connectivity index is 3.19.